The van der Waals surface area contributed by atoms with E-state index in [1.165, 1.54) is 12.8 Å². The molecule has 1 aromatic carbocycles. The number of nitrogens with zero attached hydrogens (tertiary/aromatic N) is 2. The van der Waals surface area contributed by atoms with E-state index in [9.17, 15) is 0 Å². The predicted octanol–water partition coefficient (Wildman–Crippen LogP) is 4.82. The number of hydrogen-bond donors (Lipinski definition) is 1. The third-order valence-electron chi connectivity index (χ3n) is 3.46. The van der Waals surface area contributed by atoms with Crippen LogP contribution in [0.25, 0.3) is 4.98 Å². The maximum Gasteiger partial charge on any atom is 0.409 e. The van der Waals surface area contributed by atoms with Crippen molar-refractivity contribution in [3.63, 3.8) is 0 Å². The second kappa shape index (κ2) is 5.37. The minimum atomic E-state index is 0.437. The first kappa shape index (κ1) is 12.2. The summed E-state index contributed by atoms with van der Waals surface area (Å²) in [6.45, 7) is 2.29. The molecule has 0 heterocycles. The Bertz CT molecular complexity index is 431. The first-order chi connectivity index (χ1) is 8.20. The van der Waals surface area contributed by atoms with Gasteiger partial charge in [-0.25, -0.2) is 0 Å². The Hall–Kier alpha value is -1.27. The zero-order valence-electron chi connectivity index (χ0n) is 9.99. The molecule has 0 amide bonds. The maximum absolute atomic E-state index is 8.94. The monoisotopic (exact) mass is 250 g/mol. The first-order valence-electron chi connectivity index (χ1n) is 6.11. The van der Waals surface area contributed by atoms with Gasteiger partial charge in [-0.15, -0.1) is 0 Å². The molecule has 0 saturated heterocycles. The average molecular weight is 251 g/mol. The highest BCUT2D eigenvalue weighted by atomic mass is 35.5. The summed E-state index contributed by atoms with van der Waals surface area (Å²) in [6, 6.07) is 5.78. The molecule has 0 aliphatic heterocycles. The molecular formula is C13H17ClN3+. The van der Waals surface area contributed by atoms with Crippen LogP contribution in [0.1, 0.15) is 32.6 Å². The number of anilines is 1. The predicted molar refractivity (Wildman–Crippen MR) is 71.2 cm³/mol. The van der Waals surface area contributed by atoms with Gasteiger partial charge in [-0.1, -0.05) is 24.6 Å². The average Bonchev–Trinajstić information content (AvgIpc) is 2.34. The van der Waals surface area contributed by atoms with Crippen molar-refractivity contribution in [2.75, 3.05) is 5.32 Å². The minimum Gasteiger partial charge on any atom is -0.375 e. The molecule has 3 nitrogen and oxygen atoms in total. The highest BCUT2D eigenvalue weighted by Crippen LogP contribution is 2.35. The van der Waals surface area contributed by atoms with Gasteiger partial charge in [0.2, 0.25) is 5.39 Å². The van der Waals surface area contributed by atoms with Gasteiger partial charge in [-0.05, 0) is 37.7 Å². The topological polar surface area (TPSA) is 40.2 Å². The van der Waals surface area contributed by atoms with Crippen molar-refractivity contribution in [2.45, 2.75) is 38.6 Å². The molecule has 90 valence electrons. The van der Waals surface area contributed by atoms with Crippen LogP contribution in [0.4, 0.5) is 11.4 Å². The van der Waals surface area contributed by atoms with E-state index < -0.39 is 0 Å². The Morgan fingerprint density at radius 2 is 2.00 bits per heavy atom. The normalized spacial score (nSPS) is 24.1. The van der Waals surface area contributed by atoms with E-state index in [0.717, 1.165) is 24.4 Å². The van der Waals surface area contributed by atoms with Gasteiger partial charge in [0.25, 0.3) is 0 Å². The summed E-state index contributed by atoms with van der Waals surface area (Å²) in [6.07, 6.45) is 4.79. The number of hydrogen-bond acceptors (Lipinski definition) is 2. The van der Waals surface area contributed by atoms with Crippen LogP contribution in [0.3, 0.4) is 0 Å². The van der Waals surface area contributed by atoms with Gasteiger partial charge in [-0.2, -0.15) is 0 Å². The maximum atomic E-state index is 8.94. The second-order valence-corrected chi connectivity index (χ2v) is 5.24. The van der Waals surface area contributed by atoms with Crippen molar-refractivity contribution in [2.24, 2.45) is 5.92 Å². The Morgan fingerprint density at radius 3 is 2.65 bits per heavy atom. The molecule has 4 heteroatoms. The minimum absolute atomic E-state index is 0.437. The fourth-order valence-corrected chi connectivity index (χ4v) is 2.57. The van der Waals surface area contributed by atoms with E-state index in [1.54, 1.807) is 12.1 Å². The lowest BCUT2D eigenvalue weighted by atomic mass is 9.87. The fraction of sp³-hybridized carbons (Fsp3) is 0.538. The molecule has 17 heavy (non-hydrogen) atoms. The van der Waals surface area contributed by atoms with E-state index in [2.05, 4.69) is 17.2 Å². The highest BCUT2D eigenvalue weighted by Gasteiger charge is 2.23. The lowest BCUT2D eigenvalue weighted by Crippen LogP contribution is -2.25. The number of para-hydroxylation sites is 1. The Balaban J connectivity index is 2.11. The highest BCUT2D eigenvalue weighted by molar-refractivity contribution is 6.34. The molecular weight excluding hydrogens is 234 g/mol. The molecule has 1 fully saturated rings. The van der Waals surface area contributed by atoms with Gasteiger partial charge in [-0.3, -0.25) is 0 Å². The molecule has 0 atom stereocenters. The van der Waals surface area contributed by atoms with Gasteiger partial charge in [0, 0.05) is 12.1 Å². The van der Waals surface area contributed by atoms with E-state index in [1.807, 2.05) is 6.07 Å². The summed E-state index contributed by atoms with van der Waals surface area (Å²) in [4.78, 5) is 3.26. The summed E-state index contributed by atoms with van der Waals surface area (Å²) in [5.41, 5.74) is 1.26. The van der Waals surface area contributed by atoms with E-state index >= 15 is 0 Å². The van der Waals surface area contributed by atoms with Gasteiger partial charge in [0.15, 0.2) is 10.7 Å². The number of nitrogens with one attached hydrogen (secondary N) is 1. The SMILES string of the molecule is CC1CCC(Nc2c(Cl)cccc2[N+]#N)CC1. The van der Waals surface area contributed by atoms with Crippen LogP contribution >= 0.6 is 11.6 Å². The van der Waals surface area contributed by atoms with Gasteiger partial charge in [0.05, 0.1) is 5.02 Å². The molecule has 1 aliphatic carbocycles. The Morgan fingerprint density at radius 1 is 1.29 bits per heavy atom. The molecule has 0 unspecified atom stereocenters. The van der Waals surface area contributed by atoms with Crippen LogP contribution in [0.2, 0.25) is 5.02 Å². The van der Waals surface area contributed by atoms with Crippen LogP contribution in [-0.2, 0) is 0 Å². The van der Waals surface area contributed by atoms with Crippen LogP contribution in [-0.4, -0.2) is 6.04 Å². The van der Waals surface area contributed by atoms with Crippen molar-refractivity contribution in [3.05, 3.63) is 28.2 Å². The van der Waals surface area contributed by atoms with Crippen molar-refractivity contribution < 1.29 is 0 Å². The van der Waals surface area contributed by atoms with E-state index in [0.29, 0.717) is 16.8 Å². The van der Waals surface area contributed by atoms with E-state index in [4.69, 9.17) is 17.0 Å². The van der Waals surface area contributed by atoms with Crippen molar-refractivity contribution in [1.82, 2.24) is 0 Å². The molecule has 2 rings (SSSR count). The third-order valence-corrected chi connectivity index (χ3v) is 3.78. The lowest BCUT2D eigenvalue weighted by molar-refractivity contribution is 0.361. The first-order valence-corrected chi connectivity index (χ1v) is 6.48. The number of diazo groups is 1. The van der Waals surface area contributed by atoms with Crippen LogP contribution in [0, 0.1) is 11.3 Å². The molecule has 0 spiro atoms. The van der Waals surface area contributed by atoms with Gasteiger partial charge < -0.3 is 5.32 Å². The van der Waals surface area contributed by atoms with Crippen molar-refractivity contribution >= 4 is 23.0 Å². The summed E-state index contributed by atoms with van der Waals surface area (Å²) in [7, 11) is 0. The smallest absolute Gasteiger partial charge is 0.375 e. The lowest BCUT2D eigenvalue weighted by Gasteiger charge is -2.27. The summed E-state index contributed by atoms with van der Waals surface area (Å²) in [5.74, 6) is 0.821. The Labute approximate surface area is 107 Å². The molecule has 1 aromatic rings. The summed E-state index contributed by atoms with van der Waals surface area (Å²) in [5, 5.41) is 13.0. The zero-order chi connectivity index (χ0) is 12.3. The molecule has 0 aromatic heterocycles. The molecule has 1 aliphatic rings. The van der Waals surface area contributed by atoms with Crippen molar-refractivity contribution in [1.29, 1.82) is 5.39 Å². The zero-order valence-corrected chi connectivity index (χ0v) is 10.7. The summed E-state index contributed by atoms with van der Waals surface area (Å²) >= 11 is 6.12. The molecule has 0 radical (unpaired) electrons. The van der Waals surface area contributed by atoms with Gasteiger partial charge >= 0.3 is 5.69 Å². The Kier molecular flexibility index (Phi) is 3.86. The van der Waals surface area contributed by atoms with E-state index in [-0.39, 0.29) is 0 Å². The largest absolute Gasteiger partial charge is 0.409 e. The molecule has 1 N–H and O–H groups in total. The third kappa shape index (κ3) is 2.89. The number of rotatable bonds is 2. The summed E-state index contributed by atoms with van der Waals surface area (Å²) < 4.78 is 0. The number of benzene rings is 1. The standard InChI is InChI=1S/C13H17ClN3/c1-9-5-7-10(8-6-9)16-13-11(14)3-2-4-12(13)17-15/h2-4,9-10,16H,5-8H2,1H3/q+1. The van der Waals surface area contributed by atoms with Crippen molar-refractivity contribution in [3.8, 4) is 0 Å². The van der Waals surface area contributed by atoms with Gasteiger partial charge in [0.1, 0.15) is 0 Å². The molecule has 1 saturated carbocycles. The van der Waals surface area contributed by atoms with Crippen LogP contribution < -0.4 is 5.32 Å². The quantitative estimate of drug-likeness (QED) is 0.765. The fourth-order valence-electron chi connectivity index (χ4n) is 2.35. The molecule has 0 bridgehead atoms. The second-order valence-electron chi connectivity index (χ2n) is 4.84. The van der Waals surface area contributed by atoms with Crippen LogP contribution in [0.15, 0.2) is 18.2 Å². The van der Waals surface area contributed by atoms with Crippen LogP contribution in [0.5, 0.6) is 0 Å². The number of halogens is 1.